The highest BCUT2D eigenvalue weighted by atomic mass is 35.5. The lowest BCUT2D eigenvalue weighted by Crippen LogP contribution is -2.20. The molecule has 0 amide bonds. The minimum absolute atomic E-state index is 0.0704. The molecule has 0 spiro atoms. The van der Waals surface area contributed by atoms with Gasteiger partial charge in [0.15, 0.2) is 9.84 Å². The van der Waals surface area contributed by atoms with Gasteiger partial charge in [-0.05, 0) is 48.0 Å². The van der Waals surface area contributed by atoms with E-state index in [0.717, 1.165) is 18.2 Å². The van der Waals surface area contributed by atoms with Gasteiger partial charge in [0, 0.05) is 10.6 Å². The first-order valence-corrected chi connectivity index (χ1v) is 10.8. The average Bonchev–Trinajstić information content (AvgIpc) is 2.73. The monoisotopic (exact) mass is 450 g/mol. The molecule has 0 saturated heterocycles. The SMILES string of the molecule is O=C(CC(c1cc(F)ccc1F)S(=O)(=O)c1ccc(Cl)cc1)OCc1ccccc1. The number of benzene rings is 3. The predicted octanol–water partition coefficient (Wildman–Crippen LogP) is 5.27. The number of esters is 1. The van der Waals surface area contributed by atoms with Crippen molar-refractivity contribution in [2.45, 2.75) is 23.2 Å². The maximum atomic E-state index is 14.4. The highest BCUT2D eigenvalue weighted by molar-refractivity contribution is 7.91. The number of carbonyl (C=O) groups is 1. The molecular weight excluding hydrogens is 434 g/mol. The first-order valence-electron chi connectivity index (χ1n) is 8.91. The fourth-order valence-corrected chi connectivity index (χ4v) is 4.73. The van der Waals surface area contributed by atoms with Crippen LogP contribution in [-0.2, 0) is 26.0 Å². The molecule has 8 heteroatoms. The lowest BCUT2D eigenvalue weighted by molar-refractivity contribution is -0.145. The van der Waals surface area contributed by atoms with E-state index in [-0.39, 0.29) is 11.5 Å². The van der Waals surface area contributed by atoms with Crippen LogP contribution in [0.5, 0.6) is 0 Å². The molecule has 0 aliphatic carbocycles. The second kappa shape index (κ2) is 9.36. The van der Waals surface area contributed by atoms with E-state index in [1.165, 1.54) is 24.3 Å². The molecule has 1 atom stereocenters. The Morgan fingerprint density at radius 1 is 0.967 bits per heavy atom. The lowest BCUT2D eigenvalue weighted by atomic mass is 10.1. The minimum atomic E-state index is -4.25. The molecule has 0 N–H and O–H groups in total. The van der Waals surface area contributed by atoms with Crippen LogP contribution in [0.25, 0.3) is 0 Å². The summed E-state index contributed by atoms with van der Waals surface area (Å²) in [5.41, 5.74) is 0.265. The van der Waals surface area contributed by atoms with E-state index in [1.54, 1.807) is 30.3 Å². The molecule has 0 aliphatic heterocycles. The second-order valence-electron chi connectivity index (χ2n) is 6.50. The highest BCUT2D eigenvalue weighted by Gasteiger charge is 2.34. The fraction of sp³-hybridized carbons (Fsp3) is 0.136. The third kappa shape index (κ3) is 5.23. The molecule has 3 rings (SSSR count). The smallest absolute Gasteiger partial charge is 0.307 e. The van der Waals surface area contributed by atoms with Gasteiger partial charge in [-0.1, -0.05) is 41.9 Å². The molecule has 0 saturated carbocycles. The van der Waals surface area contributed by atoms with Gasteiger partial charge in [0.05, 0.1) is 11.3 Å². The van der Waals surface area contributed by atoms with Gasteiger partial charge >= 0.3 is 5.97 Å². The first kappa shape index (κ1) is 21.9. The largest absolute Gasteiger partial charge is 0.461 e. The number of rotatable bonds is 7. The van der Waals surface area contributed by atoms with Gasteiger partial charge in [0.2, 0.25) is 0 Å². The standard InChI is InChI=1S/C22H17ClF2O4S/c23-16-6-9-18(10-7-16)30(27,28)21(19-12-17(24)8-11-20(19)25)13-22(26)29-14-15-4-2-1-3-5-15/h1-12,21H,13-14H2. The molecule has 0 heterocycles. The predicted molar refractivity (Wildman–Crippen MR) is 109 cm³/mol. The van der Waals surface area contributed by atoms with Gasteiger partial charge in [-0.25, -0.2) is 17.2 Å². The summed E-state index contributed by atoms with van der Waals surface area (Å²) in [4.78, 5) is 12.2. The van der Waals surface area contributed by atoms with E-state index in [4.69, 9.17) is 16.3 Å². The number of ether oxygens (including phenoxy) is 1. The number of carbonyl (C=O) groups excluding carboxylic acids is 1. The molecular formula is C22H17ClF2O4S. The summed E-state index contributed by atoms with van der Waals surface area (Å²) in [7, 11) is -4.25. The van der Waals surface area contributed by atoms with E-state index in [0.29, 0.717) is 10.6 Å². The second-order valence-corrected chi connectivity index (χ2v) is 9.07. The Hall–Kier alpha value is -2.77. The molecule has 30 heavy (non-hydrogen) atoms. The summed E-state index contributed by atoms with van der Waals surface area (Å²) in [6.07, 6.45) is -0.682. The van der Waals surface area contributed by atoms with Crippen molar-refractivity contribution >= 4 is 27.4 Å². The Bertz CT molecular complexity index is 1130. The Morgan fingerprint density at radius 2 is 1.63 bits per heavy atom. The van der Waals surface area contributed by atoms with Crippen LogP contribution in [0, 0.1) is 11.6 Å². The molecule has 3 aromatic rings. The van der Waals surface area contributed by atoms with E-state index in [2.05, 4.69) is 0 Å². The topological polar surface area (TPSA) is 60.4 Å². The Balaban J connectivity index is 1.92. The van der Waals surface area contributed by atoms with Crippen molar-refractivity contribution in [2.75, 3.05) is 0 Å². The van der Waals surface area contributed by atoms with Crippen LogP contribution in [0.3, 0.4) is 0 Å². The molecule has 156 valence electrons. The van der Waals surface area contributed by atoms with Gasteiger partial charge in [0.25, 0.3) is 0 Å². The Morgan fingerprint density at radius 3 is 2.30 bits per heavy atom. The quantitative estimate of drug-likeness (QED) is 0.460. The van der Waals surface area contributed by atoms with Gasteiger partial charge < -0.3 is 4.74 Å². The molecule has 1 unspecified atom stereocenters. The van der Waals surface area contributed by atoms with Crippen LogP contribution >= 0.6 is 11.6 Å². The van der Waals surface area contributed by atoms with Crippen molar-refractivity contribution in [3.63, 3.8) is 0 Å². The Labute approximate surface area is 178 Å². The summed E-state index contributed by atoms with van der Waals surface area (Å²) in [6, 6.07) is 16.5. The van der Waals surface area contributed by atoms with Crippen molar-refractivity contribution < 1.29 is 26.7 Å². The molecule has 0 bridgehead atoms. The molecule has 4 nitrogen and oxygen atoms in total. The average molecular weight is 451 g/mol. The van der Waals surface area contributed by atoms with Crippen LogP contribution < -0.4 is 0 Å². The van der Waals surface area contributed by atoms with Crippen molar-refractivity contribution in [2.24, 2.45) is 0 Å². The summed E-state index contributed by atoms with van der Waals surface area (Å²) in [5.74, 6) is -2.61. The zero-order valence-corrected chi connectivity index (χ0v) is 17.2. The molecule has 0 fully saturated rings. The highest BCUT2D eigenvalue weighted by Crippen LogP contribution is 2.34. The summed E-state index contributed by atoms with van der Waals surface area (Å²) < 4.78 is 59.7. The Kier molecular flexibility index (Phi) is 6.84. The van der Waals surface area contributed by atoms with Gasteiger partial charge in [-0.3, -0.25) is 4.79 Å². The van der Waals surface area contributed by atoms with E-state index < -0.39 is 44.7 Å². The first-order chi connectivity index (χ1) is 14.3. The maximum absolute atomic E-state index is 14.4. The van der Waals surface area contributed by atoms with Crippen molar-refractivity contribution in [1.29, 1.82) is 0 Å². The number of halogens is 3. The van der Waals surface area contributed by atoms with Crippen LogP contribution in [0.1, 0.15) is 22.8 Å². The van der Waals surface area contributed by atoms with Crippen molar-refractivity contribution in [3.8, 4) is 0 Å². The lowest BCUT2D eigenvalue weighted by Gasteiger charge is -2.19. The third-order valence-electron chi connectivity index (χ3n) is 4.42. The van der Waals surface area contributed by atoms with Crippen LogP contribution in [0.4, 0.5) is 8.78 Å². The van der Waals surface area contributed by atoms with Crippen LogP contribution in [-0.4, -0.2) is 14.4 Å². The summed E-state index contributed by atoms with van der Waals surface area (Å²) in [6.45, 7) is -0.0704. The van der Waals surface area contributed by atoms with Gasteiger partial charge in [0.1, 0.15) is 23.5 Å². The van der Waals surface area contributed by atoms with Crippen molar-refractivity contribution in [3.05, 3.63) is 101 Å². The van der Waals surface area contributed by atoms with Gasteiger partial charge in [-0.2, -0.15) is 0 Å². The zero-order chi connectivity index (χ0) is 21.7. The zero-order valence-electron chi connectivity index (χ0n) is 15.6. The fourth-order valence-electron chi connectivity index (χ4n) is 2.89. The third-order valence-corrected chi connectivity index (χ3v) is 6.77. The van der Waals surface area contributed by atoms with Crippen LogP contribution in [0.2, 0.25) is 5.02 Å². The number of hydrogen-bond donors (Lipinski definition) is 0. The number of hydrogen-bond acceptors (Lipinski definition) is 4. The minimum Gasteiger partial charge on any atom is -0.461 e. The number of sulfone groups is 1. The normalized spacial score (nSPS) is 12.4. The molecule has 0 aliphatic rings. The van der Waals surface area contributed by atoms with Crippen molar-refractivity contribution in [1.82, 2.24) is 0 Å². The maximum Gasteiger partial charge on any atom is 0.307 e. The molecule has 3 aromatic carbocycles. The molecule has 0 aromatic heterocycles. The summed E-state index contributed by atoms with van der Waals surface area (Å²) >= 11 is 5.81. The molecule has 0 radical (unpaired) electrons. The van der Waals surface area contributed by atoms with E-state index in [1.807, 2.05) is 0 Å². The van der Waals surface area contributed by atoms with Crippen LogP contribution in [0.15, 0.2) is 77.7 Å². The van der Waals surface area contributed by atoms with E-state index >= 15 is 0 Å². The summed E-state index contributed by atoms with van der Waals surface area (Å²) in [5, 5.41) is -1.36. The van der Waals surface area contributed by atoms with Gasteiger partial charge in [-0.15, -0.1) is 0 Å². The van der Waals surface area contributed by atoms with E-state index in [9.17, 15) is 22.0 Å².